The summed E-state index contributed by atoms with van der Waals surface area (Å²) in [5.41, 5.74) is 2.41. The molecule has 0 fully saturated rings. The topological polar surface area (TPSA) is 56.1 Å². The molecule has 0 aliphatic carbocycles. The number of nitrogens with zero attached hydrogens (tertiary/aromatic N) is 2. The van der Waals surface area contributed by atoms with Crippen molar-refractivity contribution in [3.05, 3.63) is 47.3 Å². The van der Waals surface area contributed by atoms with Gasteiger partial charge in [-0.05, 0) is 36.6 Å². The summed E-state index contributed by atoms with van der Waals surface area (Å²) in [7, 11) is 1.77. The van der Waals surface area contributed by atoms with Crippen molar-refractivity contribution in [2.75, 3.05) is 6.61 Å². The summed E-state index contributed by atoms with van der Waals surface area (Å²) in [6.07, 6.45) is 2.24. The van der Waals surface area contributed by atoms with Crippen LogP contribution in [0.2, 0.25) is 0 Å². The average Bonchev–Trinajstić information content (AvgIpc) is 2.92. The number of hydrogen-bond donors (Lipinski definition) is 1. The van der Waals surface area contributed by atoms with Gasteiger partial charge in [-0.15, -0.1) is 0 Å². The maximum atomic E-state index is 12.2. The molecule has 1 aromatic heterocycles. The summed E-state index contributed by atoms with van der Waals surface area (Å²) in [6, 6.07) is 9.66. The minimum atomic E-state index is -0.124. The highest BCUT2D eigenvalue weighted by molar-refractivity contribution is 5.92. The number of aryl methyl sites for hydroxylation is 2. The largest absolute Gasteiger partial charge is 0.493 e. The molecule has 0 spiro atoms. The summed E-state index contributed by atoms with van der Waals surface area (Å²) in [6.45, 7) is 7.44. The van der Waals surface area contributed by atoms with E-state index in [2.05, 4.69) is 24.3 Å². The summed E-state index contributed by atoms with van der Waals surface area (Å²) in [5, 5.41) is 7.12. The number of hydrogen-bond acceptors (Lipinski definition) is 3. The van der Waals surface area contributed by atoms with Crippen LogP contribution in [0.4, 0.5) is 0 Å². The van der Waals surface area contributed by atoms with Gasteiger partial charge in [0.1, 0.15) is 11.4 Å². The van der Waals surface area contributed by atoms with Crippen molar-refractivity contribution in [3.63, 3.8) is 0 Å². The predicted molar refractivity (Wildman–Crippen MR) is 95.1 cm³/mol. The molecule has 1 amide bonds. The van der Waals surface area contributed by atoms with E-state index in [1.165, 1.54) is 0 Å². The van der Waals surface area contributed by atoms with Crippen LogP contribution in [0.15, 0.2) is 30.3 Å². The van der Waals surface area contributed by atoms with Crippen LogP contribution in [0, 0.1) is 12.8 Å². The fraction of sp³-hybridized carbons (Fsp3) is 0.474. The molecule has 0 atom stereocenters. The lowest BCUT2D eigenvalue weighted by molar-refractivity contribution is 0.0941. The van der Waals surface area contributed by atoms with Gasteiger partial charge >= 0.3 is 0 Å². The van der Waals surface area contributed by atoms with Gasteiger partial charge in [-0.2, -0.15) is 5.10 Å². The van der Waals surface area contributed by atoms with Crippen molar-refractivity contribution >= 4 is 5.91 Å². The Kier molecular flexibility index (Phi) is 6.41. The van der Waals surface area contributed by atoms with E-state index in [0.29, 0.717) is 18.2 Å². The third kappa shape index (κ3) is 4.85. The molecule has 5 nitrogen and oxygen atoms in total. The Morgan fingerprint density at radius 1 is 1.29 bits per heavy atom. The van der Waals surface area contributed by atoms with Gasteiger partial charge in [0.05, 0.1) is 12.3 Å². The molecule has 24 heavy (non-hydrogen) atoms. The first-order valence-electron chi connectivity index (χ1n) is 8.54. The van der Waals surface area contributed by atoms with E-state index in [0.717, 1.165) is 36.5 Å². The second-order valence-corrected chi connectivity index (χ2v) is 6.12. The van der Waals surface area contributed by atoms with Crippen LogP contribution in [0.5, 0.6) is 5.75 Å². The van der Waals surface area contributed by atoms with Crippen LogP contribution < -0.4 is 10.1 Å². The van der Waals surface area contributed by atoms with E-state index in [1.54, 1.807) is 17.8 Å². The van der Waals surface area contributed by atoms with E-state index in [-0.39, 0.29) is 5.91 Å². The molecule has 1 heterocycles. The van der Waals surface area contributed by atoms with Crippen LogP contribution in [-0.2, 0) is 13.6 Å². The van der Waals surface area contributed by atoms with Gasteiger partial charge in [0.25, 0.3) is 5.91 Å². The Balaban J connectivity index is 1.92. The molecule has 1 aromatic carbocycles. The Morgan fingerprint density at radius 2 is 2.04 bits per heavy atom. The number of aromatic nitrogens is 2. The Bertz CT molecular complexity index is 675. The smallest absolute Gasteiger partial charge is 0.269 e. The third-order valence-corrected chi connectivity index (χ3v) is 4.23. The second kappa shape index (κ2) is 8.52. The van der Waals surface area contributed by atoms with Gasteiger partial charge in [0, 0.05) is 13.6 Å². The molecule has 0 bridgehead atoms. The molecule has 0 saturated carbocycles. The number of rotatable bonds is 8. The van der Waals surface area contributed by atoms with Gasteiger partial charge in [0.15, 0.2) is 0 Å². The van der Waals surface area contributed by atoms with Gasteiger partial charge in [-0.1, -0.05) is 38.8 Å². The van der Waals surface area contributed by atoms with Gasteiger partial charge in [0.2, 0.25) is 0 Å². The predicted octanol–water partition coefficient (Wildman–Crippen LogP) is 3.47. The highest BCUT2D eigenvalue weighted by Crippen LogP contribution is 2.16. The minimum absolute atomic E-state index is 0.124. The Labute approximate surface area is 144 Å². The van der Waals surface area contributed by atoms with Crippen molar-refractivity contribution < 1.29 is 9.53 Å². The van der Waals surface area contributed by atoms with Crippen molar-refractivity contribution in [3.8, 4) is 5.75 Å². The summed E-state index contributed by atoms with van der Waals surface area (Å²) < 4.78 is 7.47. The quantitative estimate of drug-likeness (QED) is 0.807. The first kappa shape index (κ1) is 18.0. The number of amides is 1. The van der Waals surface area contributed by atoms with Crippen molar-refractivity contribution in [2.45, 2.75) is 40.2 Å². The highest BCUT2D eigenvalue weighted by atomic mass is 16.5. The number of benzene rings is 1. The zero-order valence-corrected chi connectivity index (χ0v) is 15.0. The maximum absolute atomic E-state index is 12.2. The van der Waals surface area contributed by atoms with E-state index in [4.69, 9.17) is 4.74 Å². The van der Waals surface area contributed by atoms with Crippen molar-refractivity contribution in [1.29, 1.82) is 0 Å². The lowest BCUT2D eigenvalue weighted by Crippen LogP contribution is -2.25. The standard InChI is InChI=1S/C19H27N3O2/c1-5-15(6-2)13-24-17-9-7-8-16(11-17)12-20-19(23)18-10-14(3)21-22(18)4/h7-11,15H,5-6,12-13H2,1-4H3,(H,20,23). The Morgan fingerprint density at radius 3 is 2.67 bits per heavy atom. The van der Waals surface area contributed by atoms with Crippen LogP contribution >= 0.6 is 0 Å². The van der Waals surface area contributed by atoms with E-state index >= 15 is 0 Å². The van der Waals surface area contributed by atoms with Crippen molar-refractivity contribution in [2.24, 2.45) is 13.0 Å². The zero-order valence-electron chi connectivity index (χ0n) is 15.0. The molecular formula is C19H27N3O2. The fourth-order valence-corrected chi connectivity index (χ4v) is 2.58. The minimum Gasteiger partial charge on any atom is -0.493 e. The number of ether oxygens (including phenoxy) is 1. The first-order valence-corrected chi connectivity index (χ1v) is 8.54. The number of nitrogens with one attached hydrogen (secondary N) is 1. The second-order valence-electron chi connectivity index (χ2n) is 6.12. The highest BCUT2D eigenvalue weighted by Gasteiger charge is 2.11. The molecule has 0 saturated heterocycles. The van der Waals surface area contributed by atoms with Crippen LogP contribution in [0.3, 0.4) is 0 Å². The van der Waals surface area contributed by atoms with Gasteiger partial charge < -0.3 is 10.1 Å². The van der Waals surface area contributed by atoms with Gasteiger partial charge in [-0.3, -0.25) is 9.48 Å². The maximum Gasteiger partial charge on any atom is 0.269 e. The molecule has 0 aliphatic heterocycles. The first-order chi connectivity index (χ1) is 11.5. The van der Waals surface area contributed by atoms with Gasteiger partial charge in [-0.25, -0.2) is 0 Å². The van der Waals surface area contributed by atoms with Crippen LogP contribution in [0.1, 0.15) is 48.4 Å². The molecule has 2 aromatic rings. The molecule has 2 rings (SSSR count). The number of carbonyl (C=O) groups excluding carboxylic acids is 1. The molecule has 0 radical (unpaired) electrons. The molecular weight excluding hydrogens is 302 g/mol. The Hall–Kier alpha value is -2.30. The van der Waals surface area contributed by atoms with Crippen LogP contribution in [-0.4, -0.2) is 22.3 Å². The average molecular weight is 329 g/mol. The molecule has 0 aliphatic rings. The van der Waals surface area contributed by atoms with E-state index in [9.17, 15) is 4.79 Å². The summed E-state index contributed by atoms with van der Waals surface area (Å²) in [4.78, 5) is 12.2. The number of carbonyl (C=O) groups is 1. The third-order valence-electron chi connectivity index (χ3n) is 4.23. The zero-order chi connectivity index (χ0) is 17.5. The monoisotopic (exact) mass is 329 g/mol. The lowest BCUT2D eigenvalue weighted by atomic mass is 10.1. The van der Waals surface area contributed by atoms with Crippen molar-refractivity contribution in [1.82, 2.24) is 15.1 Å². The van der Waals surface area contributed by atoms with E-state index < -0.39 is 0 Å². The molecule has 5 heteroatoms. The van der Waals surface area contributed by atoms with Crippen LogP contribution in [0.25, 0.3) is 0 Å². The lowest BCUT2D eigenvalue weighted by Gasteiger charge is -2.14. The SMILES string of the molecule is CCC(CC)COc1cccc(CNC(=O)c2cc(C)nn2C)c1. The molecule has 1 N–H and O–H groups in total. The normalized spacial score (nSPS) is 10.9. The molecule has 0 unspecified atom stereocenters. The van der Waals surface area contributed by atoms with E-state index in [1.807, 2.05) is 31.2 Å². The fourth-order valence-electron chi connectivity index (χ4n) is 2.58. The summed E-state index contributed by atoms with van der Waals surface area (Å²) >= 11 is 0. The summed E-state index contributed by atoms with van der Waals surface area (Å²) in [5.74, 6) is 1.31. The molecule has 130 valence electrons.